The van der Waals surface area contributed by atoms with Crippen molar-refractivity contribution in [3.63, 3.8) is 0 Å². The molecule has 4 heteroatoms. The van der Waals surface area contributed by atoms with Crippen LogP contribution in [0.25, 0.3) is 6.08 Å². The number of aliphatic carboxylic acids is 1. The second-order valence-electron chi connectivity index (χ2n) is 3.50. The second-order valence-corrected chi connectivity index (χ2v) is 3.90. The van der Waals surface area contributed by atoms with Crippen molar-refractivity contribution in [2.24, 2.45) is 0 Å². The molecule has 0 saturated heterocycles. The van der Waals surface area contributed by atoms with E-state index in [1.54, 1.807) is 18.2 Å². The lowest BCUT2D eigenvalue weighted by atomic mass is 10.2. The predicted octanol–water partition coefficient (Wildman–Crippen LogP) is 3.23. The largest absolute Gasteiger partial charge is 0.489 e. The molecule has 0 aromatic heterocycles. The molecule has 0 aliphatic rings. The fourth-order valence-electron chi connectivity index (χ4n) is 1.18. The smallest absolute Gasteiger partial charge is 0.328 e. The minimum Gasteiger partial charge on any atom is -0.489 e. The number of para-hydroxylation sites is 1. The van der Waals surface area contributed by atoms with Crippen LogP contribution in [0.2, 0.25) is 5.02 Å². The normalized spacial score (nSPS) is 11.0. The summed E-state index contributed by atoms with van der Waals surface area (Å²) in [5, 5.41) is 9.03. The standard InChI is InChI=1S/C12H13ClO3/c1-8(2)16-12-9(6-7-11(14)15)4-3-5-10(12)13/h3-8H,1-2H3,(H,14,15)/b7-6+. The molecule has 0 amide bonds. The summed E-state index contributed by atoms with van der Waals surface area (Å²) in [6, 6.07) is 5.21. The molecule has 0 atom stereocenters. The summed E-state index contributed by atoms with van der Waals surface area (Å²) in [7, 11) is 0. The van der Waals surface area contributed by atoms with Crippen LogP contribution in [0.1, 0.15) is 19.4 Å². The molecule has 1 aromatic carbocycles. The number of carboxylic acids is 1. The van der Waals surface area contributed by atoms with E-state index in [0.717, 1.165) is 6.08 Å². The highest BCUT2D eigenvalue weighted by Gasteiger charge is 2.08. The fraction of sp³-hybridized carbons (Fsp3) is 0.250. The molecule has 0 radical (unpaired) electrons. The minimum absolute atomic E-state index is 0.0168. The Bertz CT molecular complexity index is 411. The van der Waals surface area contributed by atoms with Gasteiger partial charge >= 0.3 is 5.97 Å². The third-order valence-corrected chi connectivity index (χ3v) is 2.05. The molecule has 0 unspecified atom stereocenters. The Hall–Kier alpha value is -1.48. The van der Waals surface area contributed by atoms with Crippen molar-refractivity contribution in [1.82, 2.24) is 0 Å². The van der Waals surface area contributed by atoms with Crippen LogP contribution < -0.4 is 4.74 Å². The summed E-state index contributed by atoms with van der Waals surface area (Å²) < 4.78 is 5.53. The van der Waals surface area contributed by atoms with Crippen molar-refractivity contribution in [2.45, 2.75) is 20.0 Å². The SMILES string of the molecule is CC(C)Oc1c(Cl)cccc1/C=C/C(=O)O. The van der Waals surface area contributed by atoms with E-state index >= 15 is 0 Å². The maximum Gasteiger partial charge on any atom is 0.328 e. The number of halogens is 1. The zero-order valence-electron chi connectivity index (χ0n) is 9.11. The molecule has 0 aliphatic heterocycles. The van der Waals surface area contributed by atoms with E-state index in [0.29, 0.717) is 16.3 Å². The molecule has 0 fully saturated rings. The van der Waals surface area contributed by atoms with Crippen molar-refractivity contribution in [2.75, 3.05) is 0 Å². The number of ether oxygens (including phenoxy) is 1. The minimum atomic E-state index is -1.00. The van der Waals surface area contributed by atoms with E-state index in [1.165, 1.54) is 6.08 Å². The molecule has 0 bridgehead atoms. The summed E-state index contributed by atoms with van der Waals surface area (Å²) in [4.78, 5) is 10.4. The van der Waals surface area contributed by atoms with Crippen LogP contribution in [-0.4, -0.2) is 17.2 Å². The molecule has 0 aliphatic carbocycles. The lowest BCUT2D eigenvalue weighted by Crippen LogP contribution is -2.07. The van der Waals surface area contributed by atoms with Crippen LogP contribution in [0.3, 0.4) is 0 Å². The van der Waals surface area contributed by atoms with Crippen molar-refractivity contribution < 1.29 is 14.6 Å². The number of carbonyl (C=O) groups is 1. The topological polar surface area (TPSA) is 46.5 Å². The average Bonchev–Trinajstić information content (AvgIpc) is 2.18. The van der Waals surface area contributed by atoms with E-state index in [2.05, 4.69) is 0 Å². The van der Waals surface area contributed by atoms with Gasteiger partial charge in [-0.25, -0.2) is 4.79 Å². The number of benzene rings is 1. The van der Waals surface area contributed by atoms with Gasteiger partial charge in [-0.3, -0.25) is 0 Å². The molecule has 1 N–H and O–H groups in total. The molecule has 1 rings (SSSR count). The van der Waals surface area contributed by atoms with Gasteiger partial charge in [0.2, 0.25) is 0 Å². The summed E-state index contributed by atoms with van der Waals surface area (Å²) in [5.74, 6) is -0.493. The first-order valence-corrected chi connectivity index (χ1v) is 5.24. The Kier molecular flexibility index (Phi) is 4.38. The van der Waals surface area contributed by atoms with Crippen LogP contribution in [0.5, 0.6) is 5.75 Å². The summed E-state index contributed by atoms with van der Waals surface area (Å²) in [6.45, 7) is 3.77. The van der Waals surface area contributed by atoms with E-state index in [-0.39, 0.29) is 6.10 Å². The number of rotatable bonds is 4. The van der Waals surface area contributed by atoms with E-state index in [4.69, 9.17) is 21.4 Å². The van der Waals surface area contributed by atoms with Crippen LogP contribution in [0, 0.1) is 0 Å². The van der Waals surface area contributed by atoms with Gasteiger partial charge in [-0.1, -0.05) is 23.7 Å². The lowest BCUT2D eigenvalue weighted by Gasteiger charge is -2.13. The zero-order chi connectivity index (χ0) is 12.1. The van der Waals surface area contributed by atoms with Gasteiger partial charge in [-0.2, -0.15) is 0 Å². The number of carboxylic acid groups (broad SMARTS) is 1. The Balaban J connectivity index is 3.07. The summed E-state index contributed by atoms with van der Waals surface area (Å²) in [6.07, 6.45) is 2.50. The van der Waals surface area contributed by atoms with Gasteiger partial charge in [0.05, 0.1) is 11.1 Å². The molecule has 0 heterocycles. The van der Waals surface area contributed by atoms with Crippen molar-refractivity contribution >= 4 is 23.6 Å². The van der Waals surface area contributed by atoms with Gasteiger partial charge < -0.3 is 9.84 Å². The van der Waals surface area contributed by atoms with Crippen LogP contribution in [0.15, 0.2) is 24.3 Å². The second kappa shape index (κ2) is 5.56. The quantitative estimate of drug-likeness (QED) is 0.822. The van der Waals surface area contributed by atoms with Gasteiger partial charge in [0.25, 0.3) is 0 Å². The van der Waals surface area contributed by atoms with Gasteiger partial charge in [0.1, 0.15) is 5.75 Å². The van der Waals surface area contributed by atoms with Crippen LogP contribution in [-0.2, 0) is 4.79 Å². The molecule has 1 aromatic rings. The molecular weight excluding hydrogens is 228 g/mol. The van der Waals surface area contributed by atoms with E-state index in [9.17, 15) is 4.79 Å². The first-order chi connectivity index (χ1) is 7.50. The first-order valence-electron chi connectivity index (χ1n) is 4.87. The highest BCUT2D eigenvalue weighted by atomic mass is 35.5. The Morgan fingerprint density at radius 3 is 2.75 bits per heavy atom. The molecule has 0 spiro atoms. The van der Waals surface area contributed by atoms with Gasteiger partial charge in [-0.05, 0) is 26.0 Å². The molecule has 0 saturated carbocycles. The van der Waals surface area contributed by atoms with Gasteiger partial charge in [0, 0.05) is 11.6 Å². The highest BCUT2D eigenvalue weighted by Crippen LogP contribution is 2.30. The average molecular weight is 241 g/mol. The van der Waals surface area contributed by atoms with Crippen LogP contribution in [0.4, 0.5) is 0 Å². The Morgan fingerprint density at radius 2 is 2.19 bits per heavy atom. The molecular formula is C12H13ClO3. The fourth-order valence-corrected chi connectivity index (χ4v) is 1.40. The molecule has 86 valence electrons. The predicted molar refractivity (Wildman–Crippen MR) is 63.9 cm³/mol. The highest BCUT2D eigenvalue weighted by molar-refractivity contribution is 6.32. The molecule has 16 heavy (non-hydrogen) atoms. The van der Waals surface area contributed by atoms with Gasteiger partial charge in [-0.15, -0.1) is 0 Å². The summed E-state index contributed by atoms with van der Waals surface area (Å²) in [5.41, 5.74) is 0.656. The third kappa shape index (κ3) is 3.59. The Labute approximate surface area is 99.3 Å². The van der Waals surface area contributed by atoms with Crippen molar-refractivity contribution in [3.8, 4) is 5.75 Å². The van der Waals surface area contributed by atoms with E-state index < -0.39 is 5.97 Å². The monoisotopic (exact) mass is 240 g/mol. The van der Waals surface area contributed by atoms with E-state index in [1.807, 2.05) is 13.8 Å². The number of hydrogen-bond acceptors (Lipinski definition) is 2. The number of hydrogen-bond donors (Lipinski definition) is 1. The lowest BCUT2D eigenvalue weighted by molar-refractivity contribution is -0.131. The maximum atomic E-state index is 10.4. The van der Waals surface area contributed by atoms with Crippen LogP contribution >= 0.6 is 11.6 Å². The summed E-state index contributed by atoms with van der Waals surface area (Å²) >= 11 is 5.98. The zero-order valence-corrected chi connectivity index (χ0v) is 9.86. The van der Waals surface area contributed by atoms with Crippen molar-refractivity contribution in [3.05, 3.63) is 34.9 Å². The third-order valence-electron chi connectivity index (χ3n) is 1.76. The van der Waals surface area contributed by atoms with Crippen molar-refractivity contribution in [1.29, 1.82) is 0 Å². The molecule has 3 nitrogen and oxygen atoms in total. The first kappa shape index (κ1) is 12.6. The van der Waals surface area contributed by atoms with Gasteiger partial charge in [0.15, 0.2) is 0 Å². The Morgan fingerprint density at radius 1 is 1.50 bits per heavy atom. The maximum absolute atomic E-state index is 10.4.